The van der Waals surface area contributed by atoms with E-state index in [0.29, 0.717) is 0 Å². The molecule has 0 unspecified atom stereocenters. The molecule has 0 fully saturated rings. The van der Waals surface area contributed by atoms with Crippen molar-refractivity contribution in [2.24, 2.45) is 0 Å². The van der Waals surface area contributed by atoms with Crippen molar-refractivity contribution in [3.05, 3.63) is 29.3 Å². The Balaban J connectivity index is 2.66. The average molecular weight is 319 g/mol. The number of sulfone groups is 1. The zero-order chi connectivity index (χ0) is 15.2. The van der Waals surface area contributed by atoms with Crippen LogP contribution in [0.3, 0.4) is 0 Å². The van der Waals surface area contributed by atoms with Crippen LogP contribution in [0, 0.1) is 0 Å². The van der Waals surface area contributed by atoms with Crippen LogP contribution in [0.25, 0.3) is 0 Å². The summed E-state index contributed by atoms with van der Waals surface area (Å²) in [7, 11) is -3.78. The normalized spacial score (nSPS) is 11.1. The van der Waals surface area contributed by atoms with Crippen molar-refractivity contribution < 1.29 is 22.7 Å². The molecule has 1 rings (SSSR count). The Morgan fingerprint density at radius 2 is 1.85 bits per heavy atom. The molecule has 0 spiro atoms. The highest BCUT2D eigenvalue weighted by Gasteiger charge is 2.22. The maximum atomic E-state index is 12.0. The minimum absolute atomic E-state index is 0.0747. The lowest BCUT2D eigenvalue weighted by Gasteiger charge is -2.05. The Morgan fingerprint density at radius 3 is 2.45 bits per heavy atom. The zero-order valence-corrected chi connectivity index (χ0v) is 12.5. The van der Waals surface area contributed by atoms with Gasteiger partial charge in [0.1, 0.15) is 11.5 Å². The van der Waals surface area contributed by atoms with Gasteiger partial charge in [-0.15, -0.1) is 0 Å². The summed E-state index contributed by atoms with van der Waals surface area (Å²) in [6, 6.07) is 5.92. The molecule has 0 amide bonds. The predicted octanol–water partition coefficient (Wildman–Crippen LogP) is 2.03. The number of carbonyl (C=O) groups is 2. The minimum Gasteiger partial charge on any atom is -0.466 e. The van der Waals surface area contributed by atoms with Crippen molar-refractivity contribution in [3.8, 4) is 0 Å². The van der Waals surface area contributed by atoms with E-state index in [4.69, 9.17) is 11.6 Å². The van der Waals surface area contributed by atoms with Crippen LogP contribution in [0.1, 0.15) is 19.8 Å². The molecule has 110 valence electrons. The number of benzene rings is 1. The van der Waals surface area contributed by atoms with Crippen molar-refractivity contribution in [2.45, 2.75) is 24.7 Å². The number of halogens is 1. The summed E-state index contributed by atoms with van der Waals surface area (Å²) in [6.07, 6.45) is -0.284. The zero-order valence-electron chi connectivity index (χ0n) is 11.0. The first-order valence-corrected chi connectivity index (χ1v) is 8.04. The van der Waals surface area contributed by atoms with Gasteiger partial charge >= 0.3 is 5.97 Å². The number of carbonyl (C=O) groups excluding carboxylic acids is 2. The largest absolute Gasteiger partial charge is 0.466 e. The maximum Gasteiger partial charge on any atom is 0.306 e. The van der Waals surface area contributed by atoms with Gasteiger partial charge in [-0.05, 0) is 19.1 Å². The van der Waals surface area contributed by atoms with Crippen molar-refractivity contribution in [1.29, 1.82) is 0 Å². The molecule has 0 saturated carbocycles. The van der Waals surface area contributed by atoms with E-state index in [-0.39, 0.29) is 29.4 Å². The molecular formula is C13H15ClO5S. The van der Waals surface area contributed by atoms with E-state index in [1.807, 2.05) is 0 Å². The first-order valence-electron chi connectivity index (χ1n) is 6.01. The van der Waals surface area contributed by atoms with Gasteiger partial charge in [0.2, 0.25) is 0 Å². The van der Waals surface area contributed by atoms with Gasteiger partial charge in [0, 0.05) is 6.42 Å². The monoisotopic (exact) mass is 318 g/mol. The van der Waals surface area contributed by atoms with Gasteiger partial charge in [0.05, 0.1) is 22.9 Å². The number of hydrogen-bond acceptors (Lipinski definition) is 5. The summed E-state index contributed by atoms with van der Waals surface area (Å²) in [5, 5.41) is 0.0747. The van der Waals surface area contributed by atoms with Gasteiger partial charge in [0.25, 0.3) is 0 Å². The molecule has 0 aliphatic carbocycles. The second-order valence-electron chi connectivity index (χ2n) is 4.03. The summed E-state index contributed by atoms with van der Waals surface area (Å²) in [4.78, 5) is 22.6. The molecule has 0 bridgehead atoms. The minimum atomic E-state index is -3.78. The molecule has 0 N–H and O–H groups in total. The lowest BCUT2D eigenvalue weighted by molar-refractivity contribution is -0.144. The van der Waals surface area contributed by atoms with Crippen LogP contribution in [-0.4, -0.2) is 32.5 Å². The predicted molar refractivity (Wildman–Crippen MR) is 74.4 cm³/mol. The smallest absolute Gasteiger partial charge is 0.306 e. The van der Waals surface area contributed by atoms with Gasteiger partial charge < -0.3 is 4.74 Å². The van der Waals surface area contributed by atoms with E-state index in [2.05, 4.69) is 4.74 Å². The Kier molecular flexibility index (Phi) is 6.16. The van der Waals surface area contributed by atoms with E-state index in [9.17, 15) is 18.0 Å². The summed E-state index contributed by atoms with van der Waals surface area (Å²) < 4.78 is 28.7. The molecule has 0 aliphatic heterocycles. The fraction of sp³-hybridized carbons (Fsp3) is 0.385. The van der Waals surface area contributed by atoms with Crippen molar-refractivity contribution in [2.75, 3.05) is 12.4 Å². The quantitative estimate of drug-likeness (QED) is 0.719. The highest BCUT2D eigenvalue weighted by Crippen LogP contribution is 2.22. The Morgan fingerprint density at radius 1 is 1.20 bits per heavy atom. The van der Waals surface area contributed by atoms with Crippen molar-refractivity contribution >= 4 is 33.2 Å². The Hall–Kier alpha value is -1.40. The molecule has 1 aromatic rings. The second kappa shape index (κ2) is 7.40. The van der Waals surface area contributed by atoms with Crippen LogP contribution in [0.15, 0.2) is 29.2 Å². The first-order chi connectivity index (χ1) is 9.36. The fourth-order valence-corrected chi connectivity index (χ4v) is 3.40. The van der Waals surface area contributed by atoms with Gasteiger partial charge in [-0.25, -0.2) is 8.42 Å². The number of Topliss-reactive ketones (excluding diaryl/α,β-unsaturated/α-hetero) is 1. The SMILES string of the molecule is CCOC(=O)CCC(=O)CS(=O)(=O)c1ccccc1Cl. The summed E-state index contributed by atoms with van der Waals surface area (Å²) in [5.74, 6) is -1.73. The summed E-state index contributed by atoms with van der Waals surface area (Å²) >= 11 is 5.80. The average Bonchev–Trinajstić information content (AvgIpc) is 2.36. The molecule has 0 aromatic heterocycles. The third-order valence-corrected chi connectivity index (χ3v) is 4.61. The van der Waals surface area contributed by atoms with Gasteiger partial charge in [-0.2, -0.15) is 0 Å². The molecule has 0 heterocycles. The molecule has 7 heteroatoms. The van der Waals surface area contributed by atoms with E-state index >= 15 is 0 Å². The van der Waals surface area contributed by atoms with Gasteiger partial charge in [-0.1, -0.05) is 23.7 Å². The molecule has 20 heavy (non-hydrogen) atoms. The molecule has 0 aliphatic rings. The number of ketones is 1. The topological polar surface area (TPSA) is 77.5 Å². The molecule has 0 radical (unpaired) electrons. The Labute approximate surface area is 122 Å². The highest BCUT2D eigenvalue weighted by atomic mass is 35.5. The summed E-state index contributed by atoms with van der Waals surface area (Å²) in [5.41, 5.74) is 0. The van der Waals surface area contributed by atoms with E-state index < -0.39 is 27.3 Å². The fourth-order valence-electron chi connectivity index (χ4n) is 1.53. The molecule has 1 aromatic carbocycles. The van der Waals surface area contributed by atoms with Crippen LogP contribution in [0.5, 0.6) is 0 Å². The Bertz CT molecular complexity index is 595. The lowest BCUT2D eigenvalue weighted by Crippen LogP contribution is -2.18. The first kappa shape index (κ1) is 16.7. The van der Waals surface area contributed by atoms with Crippen LogP contribution < -0.4 is 0 Å². The second-order valence-corrected chi connectivity index (χ2v) is 6.40. The molecule has 0 atom stereocenters. The van der Waals surface area contributed by atoms with E-state index in [1.165, 1.54) is 18.2 Å². The number of rotatable bonds is 7. The third kappa shape index (κ3) is 4.94. The van der Waals surface area contributed by atoms with E-state index in [0.717, 1.165) is 0 Å². The highest BCUT2D eigenvalue weighted by molar-refractivity contribution is 7.92. The number of hydrogen-bond donors (Lipinski definition) is 0. The van der Waals surface area contributed by atoms with Crippen LogP contribution >= 0.6 is 11.6 Å². The van der Waals surface area contributed by atoms with Crippen LogP contribution in [0.2, 0.25) is 5.02 Å². The van der Waals surface area contributed by atoms with Gasteiger partial charge in [-0.3, -0.25) is 9.59 Å². The van der Waals surface area contributed by atoms with E-state index in [1.54, 1.807) is 13.0 Å². The maximum absolute atomic E-state index is 12.0. The summed E-state index contributed by atoms with van der Waals surface area (Å²) in [6.45, 7) is 1.88. The van der Waals surface area contributed by atoms with Crippen molar-refractivity contribution in [1.82, 2.24) is 0 Å². The number of ether oxygens (including phenoxy) is 1. The number of esters is 1. The third-order valence-electron chi connectivity index (χ3n) is 2.44. The molecule has 0 saturated heterocycles. The van der Waals surface area contributed by atoms with Crippen LogP contribution in [-0.2, 0) is 24.2 Å². The lowest BCUT2D eigenvalue weighted by atomic mass is 10.2. The molecule has 5 nitrogen and oxygen atoms in total. The van der Waals surface area contributed by atoms with Crippen LogP contribution in [0.4, 0.5) is 0 Å². The standard InChI is InChI=1S/C13H15ClO5S/c1-2-19-13(16)8-7-10(15)9-20(17,18)12-6-4-3-5-11(12)14/h3-6H,2,7-9H2,1H3. The molecular weight excluding hydrogens is 304 g/mol. The van der Waals surface area contributed by atoms with Gasteiger partial charge in [0.15, 0.2) is 9.84 Å². The van der Waals surface area contributed by atoms with Crippen molar-refractivity contribution in [3.63, 3.8) is 0 Å².